The topological polar surface area (TPSA) is 78.8 Å². The number of esters is 1. The van der Waals surface area contributed by atoms with E-state index < -0.39 is 18.1 Å². The molecule has 0 amide bonds. The van der Waals surface area contributed by atoms with Gasteiger partial charge in [-0.05, 0) is 29.3 Å². The number of hydrogen-bond acceptors (Lipinski definition) is 5. The summed E-state index contributed by atoms with van der Waals surface area (Å²) >= 11 is 0. The second kappa shape index (κ2) is 8.66. The molecule has 0 saturated carbocycles. The first-order valence-electron chi connectivity index (χ1n) is 8.94. The third-order valence-electron chi connectivity index (χ3n) is 4.51. The summed E-state index contributed by atoms with van der Waals surface area (Å²) < 4.78 is 5.25. The fourth-order valence-corrected chi connectivity index (χ4v) is 3.22. The van der Waals surface area contributed by atoms with Crippen molar-refractivity contribution in [3.63, 3.8) is 0 Å². The monoisotopic (exact) mass is 365 g/mol. The molecule has 5 nitrogen and oxygen atoms in total. The number of carbonyl (C=O) groups is 1. The van der Waals surface area contributed by atoms with Crippen LogP contribution in [-0.2, 0) is 9.53 Å². The van der Waals surface area contributed by atoms with Crippen molar-refractivity contribution in [3.8, 4) is 5.75 Å². The lowest BCUT2D eigenvalue weighted by Gasteiger charge is -2.25. The van der Waals surface area contributed by atoms with Gasteiger partial charge >= 0.3 is 5.97 Å². The van der Waals surface area contributed by atoms with Crippen LogP contribution >= 0.6 is 0 Å². The maximum Gasteiger partial charge on any atom is 0.327 e. The molecule has 0 fully saturated rings. The predicted octanol–water partition coefficient (Wildman–Crippen LogP) is 3.47. The number of benzene rings is 3. The molecule has 0 radical (unpaired) electrons. The molecule has 0 bridgehead atoms. The second-order valence-corrected chi connectivity index (χ2v) is 6.22. The van der Waals surface area contributed by atoms with Crippen molar-refractivity contribution in [2.75, 3.05) is 13.2 Å². The quantitative estimate of drug-likeness (QED) is 0.559. The summed E-state index contributed by atoms with van der Waals surface area (Å²) in [7, 11) is 0. The van der Waals surface area contributed by atoms with Gasteiger partial charge in [0.15, 0.2) is 0 Å². The maximum atomic E-state index is 12.7. The number of aliphatic hydroxyl groups excluding tert-OH is 1. The molecular weight excluding hydrogens is 342 g/mol. The van der Waals surface area contributed by atoms with Gasteiger partial charge in [-0.2, -0.15) is 0 Å². The van der Waals surface area contributed by atoms with Crippen molar-refractivity contribution in [1.29, 1.82) is 0 Å². The Balaban J connectivity index is 2.07. The fourth-order valence-electron chi connectivity index (χ4n) is 3.22. The Bertz CT molecular complexity index is 911. The highest BCUT2D eigenvalue weighted by molar-refractivity contribution is 5.93. The Labute approximate surface area is 158 Å². The molecule has 27 heavy (non-hydrogen) atoms. The van der Waals surface area contributed by atoms with Gasteiger partial charge in [-0.1, -0.05) is 60.7 Å². The Hall–Kier alpha value is -2.89. The lowest BCUT2D eigenvalue weighted by Crippen LogP contribution is -2.35. The summed E-state index contributed by atoms with van der Waals surface area (Å²) in [6.07, 6.45) is 0. The highest BCUT2D eigenvalue weighted by Gasteiger charge is 2.29. The molecule has 0 aliphatic carbocycles. The van der Waals surface area contributed by atoms with Crippen LogP contribution in [0.1, 0.15) is 30.1 Å². The molecule has 5 heteroatoms. The molecule has 3 N–H and O–H groups in total. The molecular formula is C22H23NO4. The first-order chi connectivity index (χ1) is 13.2. The standard InChI is InChI=1S/C22H23NO4/c1-2-27-22(26)21(23-18(14-24)16-9-4-3-5-10-16)20-17-11-7-6-8-15(17)12-13-19(20)25/h3-13,18,21,23-25H,2,14H2,1H3/t18-,21-/m0/s1. The normalized spacial score (nSPS) is 13.3. The zero-order chi connectivity index (χ0) is 19.2. The summed E-state index contributed by atoms with van der Waals surface area (Å²) in [6.45, 7) is 1.75. The number of hydrogen-bond donors (Lipinski definition) is 3. The minimum atomic E-state index is -0.923. The SMILES string of the molecule is CCOC(=O)[C@@H](N[C@@H](CO)c1ccccc1)c1c(O)ccc2ccccc12. The molecule has 0 saturated heterocycles. The van der Waals surface area contributed by atoms with Gasteiger partial charge in [0, 0.05) is 5.56 Å². The smallest absolute Gasteiger partial charge is 0.327 e. The molecule has 0 spiro atoms. The summed E-state index contributed by atoms with van der Waals surface area (Å²) in [6, 6.07) is 18.9. The largest absolute Gasteiger partial charge is 0.508 e. The number of aliphatic hydroxyl groups is 1. The Morgan fingerprint density at radius 2 is 1.74 bits per heavy atom. The Morgan fingerprint density at radius 3 is 2.44 bits per heavy atom. The van der Waals surface area contributed by atoms with Crippen molar-refractivity contribution < 1.29 is 19.7 Å². The van der Waals surface area contributed by atoms with Crippen LogP contribution in [-0.4, -0.2) is 29.4 Å². The summed E-state index contributed by atoms with van der Waals surface area (Å²) in [5.41, 5.74) is 1.29. The molecule has 3 rings (SSSR count). The van der Waals surface area contributed by atoms with Crippen LogP contribution in [0.5, 0.6) is 5.75 Å². The highest BCUT2D eigenvalue weighted by atomic mass is 16.5. The van der Waals surface area contributed by atoms with Crippen LogP contribution in [0.3, 0.4) is 0 Å². The number of carbonyl (C=O) groups excluding carboxylic acids is 1. The zero-order valence-electron chi connectivity index (χ0n) is 15.1. The van der Waals surface area contributed by atoms with E-state index in [0.717, 1.165) is 16.3 Å². The van der Waals surface area contributed by atoms with Gasteiger partial charge in [0.2, 0.25) is 0 Å². The average molecular weight is 365 g/mol. The molecule has 3 aromatic rings. The Kier molecular flexibility index (Phi) is 6.06. The van der Waals surface area contributed by atoms with Crippen LogP contribution < -0.4 is 5.32 Å². The minimum absolute atomic E-state index is 0.00371. The van der Waals surface area contributed by atoms with Gasteiger partial charge in [0.05, 0.1) is 19.3 Å². The van der Waals surface area contributed by atoms with E-state index in [2.05, 4.69) is 5.32 Å². The predicted molar refractivity (Wildman–Crippen MR) is 104 cm³/mol. The zero-order valence-corrected chi connectivity index (χ0v) is 15.1. The van der Waals surface area contributed by atoms with E-state index in [-0.39, 0.29) is 19.0 Å². The van der Waals surface area contributed by atoms with Crippen LogP contribution in [0, 0.1) is 0 Å². The number of phenols is 1. The van der Waals surface area contributed by atoms with Crippen molar-refractivity contribution in [1.82, 2.24) is 5.32 Å². The van der Waals surface area contributed by atoms with E-state index >= 15 is 0 Å². The number of nitrogens with one attached hydrogen (secondary N) is 1. The molecule has 0 unspecified atom stereocenters. The number of fused-ring (bicyclic) bond motifs is 1. The first-order valence-corrected chi connectivity index (χ1v) is 8.94. The molecule has 0 heterocycles. The summed E-state index contributed by atoms with van der Waals surface area (Å²) in [5, 5.41) is 25.3. The van der Waals surface area contributed by atoms with Gasteiger partial charge in [-0.3, -0.25) is 5.32 Å². The average Bonchev–Trinajstić information content (AvgIpc) is 2.70. The van der Waals surface area contributed by atoms with Gasteiger partial charge in [0.1, 0.15) is 11.8 Å². The van der Waals surface area contributed by atoms with Crippen LogP contribution in [0.4, 0.5) is 0 Å². The van der Waals surface area contributed by atoms with Gasteiger partial charge in [0.25, 0.3) is 0 Å². The van der Waals surface area contributed by atoms with E-state index in [9.17, 15) is 15.0 Å². The fraction of sp³-hybridized carbons (Fsp3) is 0.227. The molecule has 0 aliphatic heterocycles. The summed E-state index contributed by atoms with van der Waals surface area (Å²) in [5.74, 6) is -0.498. The van der Waals surface area contributed by atoms with E-state index in [1.54, 1.807) is 19.1 Å². The molecule has 140 valence electrons. The van der Waals surface area contributed by atoms with Crippen molar-refractivity contribution >= 4 is 16.7 Å². The molecule has 3 aromatic carbocycles. The number of rotatable bonds is 7. The number of ether oxygens (including phenoxy) is 1. The third-order valence-corrected chi connectivity index (χ3v) is 4.51. The van der Waals surface area contributed by atoms with E-state index in [4.69, 9.17) is 4.74 Å². The van der Waals surface area contributed by atoms with Crippen LogP contribution in [0.25, 0.3) is 10.8 Å². The molecule has 0 aliphatic rings. The third kappa shape index (κ3) is 4.10. The van der Waals surface area contributed by atoms with E-state index in [0.29, 0.717) is 5.56 Å². The van der Waals surface area contributed by atoms with Gasteiger partial charge in [-0.25, -0.2) is 4.79 Å². The van der Waals surface area contributed by atoms with Gasteiger partial charge in [-0.15, -0.1) is 0 Å². The molecule has 0 aromatic heterocycles. The van der Waals surface area contributed by atoms with Gasteiger partial charge < -0.3 is 14.9 Å². The highest BCUT2D eigenvalue weighted by Crippen LogP contribution is 2.34. The number of aromatic hydroxyl groups is 1. The lowest BCUT2D eigenvalue weighted by atomic mass is 9.96. The summed E-state index contributed by atoms with van der Waals surface area (Å²) in [4.78, 5) is 12.7. The lowest BCUT2D eigenvalue weighted by molar-refractivity contribution is -0.146. The van der Waals surface area contributed by atoms with Crippen LogP contribution in [0.15, 0.2) is 66.7 Å². The van der Waals surface area contributed by atoms with Crippen molar-refractivity contribution in [3.05, 3.63) is 77.9 Å². The van der Waals surface area contributed by atoms with E-state index in [1.165, 1.54) is 0 Å². The number of phenolic OH excluding ortho intramolecular Hbond substituents is 1. The van der Waals surface area contributed by atoms with E-state index in [1.807, 2.05) is 54.6 Å². The van der Waals surface area contributed by atoms with Crippen molar-refractivity contribution in [2.45, 2.75) is 19.0 Å². The maximum absolute atomic E-state index is 12.7. The minimum Gasteiger partial charge on any atom is -0.508 e. The van der Waals surface area contributed by atoms with Crippen LogP contribution in [0.2, 0.25) is 0 Å². The molecule has 2 atom stereocenters. The Morgan fingerprint density at radius 1 is 1.04 bits per heavy atom. The first kappa shape index (κ1) is 18.9. The van der Waals surface area contributed by atoms with Crippen molar-refractivity contribution in [2.24, 2.45) is 0 Å². The second-order valence-electron chi connectivity index (χ2n) is 6.22.